The summed E-state index contributed by atoms with van der Waals surface area (Å²) in [5, 5.41) is 1.62. The number of nitrogens with two attached hydrogens (primary N) is 1. The van der Waals surface area contributed by atoms with Crippen LogP contribution in [0.25, 0.3) is 6.08 Å². The molecule has 0 saturated heterocycles. The van der Waals surface area contributed by atoms with Gasteiger partial charge in [0.15, 0.2) is 0 Å². The fourth-order valence-corrected chi connectivity index (χ4v) is 1.88. The van der Waals surface area contributed by atoms with Crippen LogP contribution in [0.5, 0.6) is 0 Å². The predicted octanol–water partition coefficient (Wildman–Crippen LogP) is 1.02. The number of primary amides is 1. The number of benzene rings is 1. The number of rotatable bonds is 5. The Morgan fingerprint density at radius 1 is 1.08 bits per heavy atom. The van der Waals surface area contributed by atoms with E-state index < -0.39 is 11.9 Å². The van der Waals surface area contributed by atoms with Crippen LogP contribution in [0.4, 0.5) is 10.7 Å². The van der Waals surface area contributed by atoms with Gasteiger partial charge >= 0.3 is 6.03 Å². The molecular weight excluding hydrogens is 310 g/mol. The van der Waals surface area contributed by atoms with Crippen molar-refractivity contribution in [3.8, 4) is 0 Å². The summed E-state index contributed by atoms with van der Waals surface area (Å²) in [6, 6.07) is 9.66. The molecule has 0 saturated carbocycles. The molecule has 1 aromatic heterocycles. The standard InChI is InChI=1S/C16H15N5O3/c17-15(24)21(16-18-9-4-10-19-16)20(11-12-22)14(23)8-7-13-5-2-1-3-6-13/h1-10,12H,11H2,(H2,17,24)/b8-7+. The summed E-state index contributed by atoms with van der Waals surface area (Å²) >= 11 is 0. The maximum atomic E-state index is 12.4. The van der Waals surface area contributed by atoms with Crippen molar-refractivity contribution in [1.29, 1.82) is 0 Å². The summed E-state index contributed by atoms with van der Waals surface area (Å²) in [6.45, 7) is -0.376. The number of hydrazine groups is 1. The van der Waals surface area contributed by atoms with Gasteiger partial charge in [0.25, 0.3) is 11.9 Å². The van der Waals surface area contributed by atoms with E-state index >= 15 is 0 Å². The first-order valence-corrected chi connectivity index (χ1v) is 6.98. The Kier molecular flexibility index (Phi) is 5.73. The largest absolute Gasteiger partial charge is 0.350 e. The Hall–Kier alpha value is -3.55. The summed E-state index contributed by atoms with van der Waals surface area (Å²) in [4.78, 5) is 42.8. The van der Waals surface area contributed by atoms with Gasteiger partial charge in [0.05, 0.1) is 6.54 Å². The van der Waals surface area contributed by atoms with E-state index in [-0.39, 0.29) is 12.5 Å². The number of hydrogen-bond donors (Lipinski definition) is 1. The molecular formula is C16H15N5O3. The highest BCUT2D eigenvalue weighted by Gasteiger charge is 2.26. The van der Waals surface area contributed by atoms with Gasteiger partial charge in [-0.2, -0.15) is 5.01 Å². The SMILES string of the molecule is NC(=O)N(c1ncccn1)N(CC=O)C(=O)/C=C/c1ccccc1. The van der Waals surface area contributed by atoms with E-state index in [1.54, 1.807) is 24.3 Å². The van der Waals surface area contributed by atoms with Crippen LogP contribution in [0.2, 0.25) is 0 Å². The maximum absolute atomic E-state index is 12.4. The minimum absolute atomic E-state index is 0.103. The van der Waals surface area contributed by atoms with Crippen molar-refractivity contribution in [1.82, 2.24) is 15.0 Å². The molecule has 0 bridgehead atoms. The van der Waals surface area contributed by atoms with Crippen LogP contribution < -0.4 is 10.7 Å². The highest BCUT2D eigenvalue weighted by molar-refractivity contribution is 5.99. The van der Waals surface area contributed by atoms with Gasteiger partial charge in [-0.25, -0.2) is 19.8 Å². The van der Waals surface area contributed by atoms with E-state index in [0.29, 0.717) is 6.29 Å². The van der Waals surface area contributed by atoms with Crippen LogP contribution in [0.15, 0.2) is 54.9 Å². The van der Waals surface area contributed by atoms with Crippen LogP contribution in [-0.2, 0) is 9.59 Å². The molecule has 0 aliphatic rings. The van der Waals surface area contributed by atoms with Gasteiger partial charge in [0, 0.05) is 18.5 Å². The van der Waals surface area contributed by atoms with Gasteiger partial charge in [0.2, 0.25) is 0 Å². The molecule has 0 fully saturated rings. The molecule has 8 nitrogen and oxygen atoms in total. The Morgan fingerprint density at radius 3 is 2.33 bits per heavy atom. The Morgan fingerprint density at radius 2 is 1.75 bits per heavy atom. The summed E-state index contributed by atoms with van der Waals surface area (Å²) in [5.74, 6) is -0.717. The van der Waals surface area contributed by atoms with E-state index in [0.717, 1.165) is 15.6 Å². The van der Waals surface area contributed by atoms with Gasteiger partial charge in [0.1, 0.15) is 6.29 Å². The first-order chi connectivity index (χ1) is 11.6. The van der Waals surface area contributed by atoms with Crippen molar-refractivity contribution in [2.75, 3.05) is 11.6 Å². The van der Waals surface area contributed by atoms with E-state index in [1.807, 2.05) is 18.2 Å². The number of amides is 3. The third-order valence-corrected chi connectivity index (χ3v) is 2.91. The first-order valence-electron chi connectivity index (χ1n) is 6.98. The first kappa shape index (κ1) is 16.8. The smallest absolute Gasteiger partial charge is 0.341 e. The lowest BCUT2D eigenvalue weighted by atomic mass is 10.2. The molecule has 2 rings (SSSR count). The fraction of sp³-hybridized carbons (Fsp3) is 0.0625. The average Bonchev–Trinajstić information content (AvgIpc) is 2.61. The zero-order chi connectivity index (χ0) is 17.4. The number of anilines is 1. The zero-order valence-electron chi connectivity index (χ0n) is 12.6. The lowest BCUT2D eigenvalue weighted by Gasteiger charge is -2.29. The highest BCUT2D eigenvalue weighted by Crippen LogP contribution is 2.10. The molecule has 1 aromatic carbocycles. The number of carbonyl (C=O) groups excluding carboxylic acids is 3. The molecule has 3 amide bonds. The number of nitrogens with zero attached hydrogens (tertiary/aromatic N) is 4. The normalized spacial score (nSPS) is 10.3. The second-order valence-electron chi connectivity index (χ2n) is 4.53. The lowest BCUT2D eigenvalue weighted by molar-refractivity contribution is -0.128. The molecule has 8 heteroatoms. The third-order valence-electron chi connectivity index (χ3n) is 2.91. The Bertz CT molecular complexity index is 734. The number of carbonyl (C=O) groups is 3. The number of hydrogen-bond acceptors (Lipinski definition) is 5. The molecule has 0 radical (unpaired) electrons. The molecule has 122 valence electrons. The van der Waals surface area contributed by atoms with Crippen LogP contribution in [0, 0.1) is 0 Å². The molecule has 0 spiro atoms. The van der Waals surface area contributed by atoms with Crippen molar-refractivity contribution >= 4 is 30.2 Å². The van der Waals surface area contributed by atoms with Crippen molar-refractivity contribution in [3.05, 3.63) is 60.4 Å². The maximum Gasteiger partial charge on any atom is 0.341 e. The quantitative estimate of drug-likeness (QED) is 0.501. The van der Waals surface area contributed by atoms with Gasteiger partial charge in [-0.1, -0.05) is 30.3 Å². The van der Waals surface area contributed by atoms with Gasteiger partial charge in [-0.3, -0.25) is 4.79 Å². The van der Waals surface area contributed by atoms with Gasteiger partial charge in [-0.15, -0.1) is 0 Å². The third kappa shape index (κ3) is 4.23. The number of aldehydes is 1. The Balaban J connectivity index is 2.29. The summed E-state index contributed by atoms with van der Waals surface area (Å²) in [6.07, 6.45) is 6.05. The van der Waals surface area contributed by atoms with Crippen molar-refractivity contribution in [3.63, 3.8) is 0 Å². The lowest BCUT2D eigenvalue weighted by Crippen LogP contribution is -2.53. The average molecular weight is 325 g/mol. The number of aromatic nitrogens is 2. The van der Waals surface area contributed by atoms with Crippen molar-refractivity contribution < 1.29 is 14.4 Å². The van der Waals surface area contributed by atoms with Crippen LogP contribution >= 0.6 is 0 Å². The summed E-state index contributed by atoms with van der Waals surface area (Å²) in [5.41, 5.74) is 6.11. The monoisotopic (exact) mass is 325 g/mol. The zero-order valence-corrected chi connectivity index (χ0v) is 12.6. The Labute approximate surface area is 138 Å². The minimum atomic E-state index is -0.982. The van der Waals surface area contributed by atoms with E-state index in [1.165, 1.54) is 18.5 Å². The van der Waals surface area contributed by atoms with Crippen LogP contribution in [0.3, 0.4) is 0 Å². The van der Waals surface area contributed by atoms with Crippen LogP contribution in [-0.4, -0.2) is 39.7 Å². The topological polar surface area (TPSA) is 109 Å². The molecule has 24 heavy (non-hydrogen) atoms. The molecule has 2 N–H and O–H groups in total. The van der Waals surface area contributed by atoms with E-state index in [4.69, 9.17) is 5.73 Å². The predicted molar refractivity (Wildman–Crippen MR) is 87.3 cm³/mol. The molecule has 0 unspecified atom stereocenters. The number of urea groups is 1. The van der Waals surface area contributed by atoms with Gasteiger partial charge < -0.3 is 10.5 Å². The summed E-state index contributed by atoms with van der Waals surface area (Å²) in [7, 11) is 0. The minimum Gasteiger partial charge on any atom is -0.350 e. The second-order valence-corrected chi connectivity index (χ2v) is 4.53. The molecule has 0 atom stereocenters. The molecule has 0 aliphatic carbocycles. The fourth-order valence-electron chi connectivity index (χ4n) is 1.88. The second kappa shape index (κ2) is 8.18. The molecule has 1 heterocycles. The van der Waals surface area contributed by atoms with Crippen molar-refractivity contribution in [2.24, 2.45) is 5.73 Å². The van der Waals surface area contributed by atoms with Crippen LogP contribution in [0.1, 0.15) is 5.56 Å². The van der Waals surface area contributed by atoms with Gasteiger partial charge in [-0.05, 0) is 17.7 Å². The van der Waals surface area contributed by atoms with E-state index in [9.17, 15) is 14.4 Å². The van der Waals surface area contributed by atoms with E-state index in [2.05, 4.69) is 9.97 Å². The summed E-state index contributed by atoms with van der Waals surface area (Å²) < 4.78 is 0. The highest BCUT2D eigenvalue weighted by atomic mass is 16.2. The van der Waals surface area contributed by atoms with Crippen molar-refractivity contribution in [2.45, 2.75) is 0 Å². The molecule has 0 aliphatic heterocycles. The molecule has 2 aromatic rings.